The van der Waals surface area contributed by atoms with Gasteiger partial charge in [0.1, 0.15) is 5.75 Å². The first kappa shape index (κ1) is 7.92. The number of nitrogens with zero attached hydrogens (tertiary/aromatic N) is 1. The molecule has 1 aliphatic rings. The molecule has 0 radical (unpaired) electrons. The summed E-state index contributed by atoms with van der Waals surface area (Å²) >= 11 is 0. The summed E-state index contributed by atoms with van der Waals surface area (Å²) in [4.78, 5) is 0. The number of ether oxygens (including phenoxy) is 1. The molecule has 2 aromatic rings. The number of benzene rings is 1. The van der Waals surface area contributed by atoms with Gasteiger partial charge in [-0.1, -0.05) is 6.07 Å². The van der Waals surface area contributed by atoms with Crippen LogP contribution in [0.15, 0.2) is 30.5 Å². The van der Waals surface area contributed by atoms with Crippen molar-refractivity contribution in [3.05, 3.63) is 30.5 Å². The highest BCUT2D eigenvalue weighted by molar-refractivity contribution is 5.86. The van der Waals surface area contributed by atoms with Crippen molar-refractivity contribution in [2.75, 3.05) is 7.11 Å². The number of hydrogen-bond donors (Lipinski definition) is 0. The number of rotatable bonds is 2. The van der Waals surface area contributed by atoms with Gasteiger partial charge < -0.3 is 9.30 Å². The fourth-order valence-corrected chi connectivity index (χ4v) is 2.01. The number of hydrogen-bond acceptors (Lipinski definition) is 1. The smallest absolute Gasteiger partial charge is 0.128 e. The normalized spacial score (nSPS) is 16.1. The van der Waals surface area contributed by atoms with Crippen LogP contribution in [-0.2, 0) is 0 Å². The van der Waals surface area contributed by atoms with Gasteiger partial charge in [-0.2, -0.15) is 0 Å². The number of methoxy groups -OCH3 is 1. The second kappa shape index (κ2) is 2.77. The van der Waals surface area contributed by atoms with Crippen molar-refractivity contribution in [3.63, 3.8) is 0 Å². The molecule has 1 saturated carbocycles. The number of aromatic nitrogens is 1. The van der Waals surface area contributed by atoms with Crippen LogP contribution in [0.1, 0.15) is 18.9 Å². The summed E-state index contributed by atoms with van der Waals surface area (Å²) in [5.74, 6) is 0.974. The Labute approximate surface area is 83.1 Å². The van der Waals surface area contributed by atoms with Crippen molar-refractivity contribution < 1.29 is 4.74 Å². The van der Waals surface area contributed by atoms with Crippen molar-refractivity contribution in [2.24, 2.45) is 0 Å². The first-order valence-electron chi connectivity index (χ1n) is 5.03. The van der Waals surface area contributed by atoms with E-state index in [2.05, 4.69) is 29.0 Å². The molecule has 0 aliphatic heterocycles. The zero-order valence-electron chi connectivity index (χ0n) is 8.23. The third-order valence-electron chi connectivity index (χ3n) is 2.88. The van der Waals surface area contributed by atoms with Gasteiger partial charge in [0.05, 0.1) is 12.6 Å². The van der Waals surface area contributed by atoms with Crippen LogP contribution in [0.2, 0.25) is 0 Å². The van der Waals surface area contributed by atoms with Crippen LogP contribution in [0.5, 0.6) is 5.75 Å². The van der Waals surface area contributed by atoms with E-state index in [1.54, 1.807) is 7.11 Å². The minimum absolute atomic E-state index is 0.736. The largest absolute Gasteiger partial charge is 0.496 e. The maximum atomic E-state index is 5.33. The van der Waals surface area contributed by atoms with Gasteiger partial charge in [-0.15, -0.1) is 0 Å². The molecular formula is C12H13NO. The van der Waals surface area contributed by atoms with E-state index < -0.39 is 0 Å². The van der Waals surface area contributed by atoms with Gasteiger partial charge in [-0.05, 0) is 31.0 Å². The Morgan fingerprint density at radius 1 is 1.29 bits per heavy atom. The van der Waals surface area contributed by atoms with E-state index in [9.17, 15) is 0 Å². The Morgan fingerprint density at radius 3 is 2.86 bits per heavy atom. The molecule has 3 rings (SSSR count). The standard InChI is InChI=1S/C12H13NO/c1-14-12-4-2-3-11-10(12)7-8-13(11)9-5-6-9/h2-4,7-9H,5-6H2,1H3. The van der Waals surface area contributed by atoms with E-state index in [0.29, 0.717) is 0 Å². The summed E-state index contributed by atoms with van der Waals surface area (Å²) in [5, 5.41) is 1.22. The van der Waals surface area contributed by atoms with Gasteiger partial charge in [0.25, 0.3) is 0 Å². The monoisotopic (exact) mass is 187 g/mol. The molecule has 0 amide bonds. The fourth-order valence-electron chi connectivity index (χ4n) is 2.01. The minimum Gasteiger partial charge on any atom is -0.496 e. The Hall–Kier alpha value is -1.44. The molecule has 1 heterocycles. The third-order valence-corrected chi connectivity index (χ3v) is 2.88. The Balaban J connectivity index is 2.25. The lowest BCUT2D eigenvalue weighted by atomic mass is 10.2. The fraction of sp³-hybridized carbons (Fsp3) is 0.333. The third kappa shape index (κ3) is 1.03. The predicted molar refractivity (Wildman–Crippen MR) is 56.8 cm³/mol. The average molecular weight is 187 g/mol. The summed E-state index contributed by atoms with van der Waals surface area (Å²) < 4.78 is 7.69. The topological polar surface area (TPSA) is 14.2 Å². The van der Waals surface area contributed by atoms with E-state index in [1.165, 1.54) is 23.7 Å². The molecule has 0 atom stereocenters. The first-order chi connectivity index (χ1) is 6.90. The zero-order valence-corrected chi connectivity index (χ0v) is 8.23. The van der Waals surface area contributed by atoms with Gasteiger partial charge in [0, 0.05) is 17.6 Å². The lowest BCUT2D eigenvalue weighted by Gasteiger charge is -2.04. The lowest BCUT2D eigenvalue weighted by Crippen LogP contribution is -1.90. The molecular weight excluding hydrogens is 174 g/mol. The van der Waals surface area contributed by atoms with E-state index in [4.69, 9.17) is 4.74 Å². The van der Waals surface area contributed by atoms with E-state index >= 15 is 0 Å². The molecule has 0 bridgehead atoms. The lowest BCUT2D eigenvalue weighted by molar-refractivity contribution is 0.420. The van der Waals surface area contributed by atoms with E-state index in [1.807, 2.05) is 6.07 Å². The van der Waals surface area contributed by atoms with Crippen molar-refractivity contribution in [3.8, 4) is 5.75 Å². The van der Waals surface area contributed by atoms with Crippen LogP contribution in [0, 0.1) is 0 Å². The molecule has 1 aliphatic carbocycles. The van der Waals surface area contributed by atoms with Crippen LogP contribution in [0.3, 0.4) is 0 Å². The van der Waals surface area contributed by atoms with Crippen molar-refractivity contribution >= 4 is 10.9 Å². The molecule has 1 fully saturated rings. The molecule has 2 nitrogen and oxygen atoms in total. The second-order valence-corrected chi connectivity index (χ2v) is 3.85. The predicted octanol–water partition coefficient (Wildman–Crippen LogP) is 2.98. The van der Waals surface area contributed by atoms with Crippen molar-refractivity contribution in [1.82, 2.24) is 4.57 Å². The molecule has 72 valence electrons. The molecule has 1 aromatic heterocycles. The Morgan fingerprint density at radius 2 is 2.14 bits per heavy atom. The Bertz CT molecular complexity index is 468. The maximum absolute atomic E-state index is 5.33. The molecule has 14 heavy (non-hydrogen) atoms. The molecule has 0 spiro atoms. The van der Waals surface area contributed by atoms with Crippen molar-refractivity contribution in [2.45, 2.75) is 18.9 Å². The zero-order chi connectivity index (χ0) is 9.54. The summed E-state index contributed by atoms with van der Waals surface area (Å²) in [6.07, 6.45) is 4.81. The molecule has 1 aromatic carbocycles. The quantitative estimate of drug-likeness (QED) is 0.705. The average Bonchev–Trinajstić information content (AvgIpc) is 2.97. The first-order valence-corrected chi connectivity index (χ1v) is 5.03. The van der Waals surface area contributed by atoms with Gasteiger partial charge in [0.2, 0.25) is 0 Å². The van der Waals surface area contributed by atoms with Gasteiger partial charge in [0.15, 0.2) is 0 Å². The SMILES string of the molecule is COc1cccc2c1ccn2C1CC1. The maximum Gasteiger partial charge on any atom is 0.128 e. The summed E-state index contributed by atoms with van der Waals surface area (Å²) in [6.45, 7) is 0. The highest BCUT2D eigenvalue weighted by Crippen LogP contribution is 2.39. The highest BCUT2D eigenvalue weighted by Gasteiger charge is 2.24. The van der Waals surface area contributed by atoms with E-state index in [0.717, 1.165) is 11.8 Å². The molecule has 2 heteroatoms. The van der Waals surface area contributed by atoms with Crippen LogP contribution >= 0.6 is 0 Å². The molecule has 0 N–H and O–H groups in total. The second-order valence-electron chi connectivity index (χ2n) is 3.85. The van der Waals surface area contributed by atoms with Crippen LogP contribution in [0.4, 0.5) is 0 Å². The highest BCUT2D eigenvalue weighted by atomic mass is 16.5. The van der Waals surface area contributed by atoms with Gasteiger partial charge in [-0.25, -0.2) is 0 Å². The summed E-state index contributed by atoms with van der Waals surface area (Å²) in [5.41, 5.74) is 1.30. The summed E-state index contributed by atoms with van der Waals surface area (Å²) in [7, 11) is 1.73. The van der Waals surface area contributed by atoms with Crippen molar-refractivity contribution in [1.29, 1.82) is 0 Å². The van der Waals surface area contributed by atoms with E-state index in [-0.39, 0.29) is 0 Å². The van der Waals surface area contributed by atoms with Crippen LogP contribution in [-0.4, -0.2) is 11.7 Å². The van der Waals surface area contributed by atoms with Crippen LogP contribution < -0.4 is 4.74 Å². The molecule has 0 unspecified atom stereocenters. The van der Waals surface area contributed by atoms with Gasteiger partial charge >= 0.3 is 0 Å². The molecule has 0 saturated heterocycles. The number of fused-ring (bicyclic) bond motifs is 1. The minimum atomic E-state index is 0.736. The van der Waals surface area contributed by atoms with Gasteiger partial charge in [-0.3, -0.25) is 0 Å². The van der Waals surface area contributed by atoms with Crippen LogP contribution in [0.25, 0.3) is 10.9 Å². The summed E-state index contributed by atoms with van der Waals surface area (Å²) in [6, 6.07) is 9.11. The Kier molecular flexibility index (Phi) is 1.57.